The Hall–Kier alpha value is -2.83. The van der Waals surface area contributed by atoms with Crippen molar-refractivity contribution >= 4 is 17.9 Å². The SMILES string of the molecule is CCC(C)N1C2=NC3C(C(=O)N(Cc4ccc(C)cc4)C(=O)N3C)N2C(C)=C1C. The maximum Gasteiger partial charge on any atom is 0.328 e. The lowest BCUT2D eigenvalue weighted by Gasteiger charge is -2.40. The minimum Gasteiger partial charge on any atom is -0.312 e. The van der Waals surface area contributed by atoms with E-state index in [1.807, 2.05) is 43.0 Å². The zero-order chi connectivity index (χ0) is 21.0. The first-order valence-electron chi connectivity index (χ1n) is 10.2. The Morgan fingerprint density at radius 1 is 1.07 bits per heavy atom. The third-order valence-corrected chi connectivity index (χ3v) is 6.43. The predicted octanol–water partition coefficient (Wildman–Crippen LogP) is 3.12. The molecule has 0 radical (unpaired) electrons. The number of allylic oxidation sites excluding steroid dienone is 2. The fourth-order valence-corrected chi connectivity index (χ4v) is 4.37. The van der Waals surface area contributed by atoms with Crippen LogP contribution in [0.5, 0.6) is 0 Å². The van der Waals surface area contributed by atoms with E-state index < -0.39 is 12.2 Å². The van der Waals surface area contributed by atoms with Gasteiger partial charge in [-0.05, 0) is 39.7 Å². The molecular formula is C22H29N5O2. The summed E-state index contributed by atoms with van der Waals surface area (Å²) in [6, 6.07) is 7.39. The van der Waals surface area contributed by atoms with Gasteiger partial charge < -0.3 is 9.80 Å². The van der Waals surface area contributed by atoms with E-state index in [2.05, 4.69) is 25.7 Å². The van der Waals surface area contributed by atoms with Crippen molar-refractivity contribution in [2.75, 3.05) is 7.05 Å². The summed E-state index contributed by atoms with van der Waals surface area (Å²) in [5, 5.41) is 0. The molecule has 0 saturated carbocycles. The van der Waals surface area contributed by atoms with Crippen molar-refractivity contribution < 1.29 is 9.59 Å². The van der Waals surface area contributed by atoms with Crippen molar-refractivity contribution in [2.24, 2.45) is 4.99 Å². The van der Waals surface area contributed by atoms with Crippen LogP contribution >= 0.6 is 0 Å². The van der Waals surface area contributed by atoms with Crippen LogP contribution in [0.2, 0.25) is 0 Å². The number of aryl methyl sites for hydroxylation is 1. The average Bonchev–Trinajstić information content (AvgIpc) is 3.20. The highest BCUT2D eigenvalue weighted by molar-refractivity contribution is 6.05. The van der Waals surface area contributed by atoms with Gasteiger partial charge in [0.05, 0.1) is 6.54 Å². The van der Waals surface area contributed by atoms with Crippen LogP contribution in [-0.4, -0.2) is 62.8 Å². The van der Waals surface area contributed by atoms with Gasteiger partial charge in [-0.3, -0.25) is 14.6 Å². The molecule has 0 aromatic heterocycles. The van der Waals surface area contributed by atoms with Crippen LogP contribution in [0.15, 0.2) is 40.7 Å². The Bertz CT molecular complexity index is 920. The normalized spacial score (nSPS) is 25.0. The molecule has 1 aromatic rings. The summed E-state index contributed by atoms with van der Waals surface area (Å²) in [6.45, 7) is 10.7. The topological polar surface area (TPSA) is 59.5 Å². The standard InChI is InChI=1S/C22H29N5O2/c1-7-14(3)26-15(4)16(5)27-18-19(23-21(26)27)24(6)22(29)25(20(18)28)12-17-10-8-13(2)9-11-17/h8-11,14,18-19H,7,12H2,1-6H3. The molecule has 7 heteroatoms. The molecule has 3 amide bonds. The number of aliphatic imine (C=N–C) groups is 1. The van der Waals surface area contributed by atoms with Crippen LogP contribution in [0.25, 0.3) is 0 Å². The zero-order valence-corrected chi connectivity index (χ0v) is 18.0. The molecule has 0 spiro atoms. The summed E-state index contributed by atoms with van der Waals surface area (Å²) >= 11 is 0. The van der Waals surface area contributed by atoms with E-state index in [0.717, 1.165) is 34.9 Å². The van der Waals surface area contributed by atoms with E-state index in [4.69, 9.17) is 4.99 Å². The Kier molecular flexibility index (Phi) is 4.63. The highest BCUT2D eigenvalue weighted by atomic mass is 16.2. The number of rotatable bonds is 4. The molecule has 1 fully saturated rings. The first kappa shape index (κ1) is 19.5. The maximum atomic E-state index is 13.5. The number of benzene rings is 1. The number of hydrogen-bond donors (Lipinski definition) is 0. The fourth-order valence-electron chi connectivity index (χ4n) is 4.37. The second-order valence-electron chi connectivity index (χ2n) is 8.26. The summed E-state index contributed by atoms with van der Waals surface area (Å²) in [7, 11) is 1.74. The number of nitrogens with zero attached hydrogens (tertiary/aromatic N) is 5. The van der Waals surface area contributed by atoms with Crippen LogP contribution < -0.4 is 0 Å². The summed E-state index contributed by atoms with van der Waals surface area (Å²) in [5.74, 6) is 0.602. The molecule has 29 heavy (non-hydrogen) atoms. The van der Waals surface area contributed by atoms with Crippen LogP contribution in [0, 0.1) is 6.92 Å². The Morgan fingerprint density at radius 3 is 2.34 bits per heavy atom. The van der Waals surface area contributed by atoms with Gasteiger partial charge in [-0.25, -0.2) is 9.79 Å². The maximum absolute atomic E-state index is 13.5. The van der Waals surface area contributed by atoms with Crippen molar-refractivity contribution in [1.82, 2.24) is 19.6 Å². The fraction of sp³-hybridized carbons (Fsp3) is 0.500. The molecule has 0 N–H and O–H groups in total. The minimum absolute atomic E-state index is 0.185. The number of likely N-dealkylation sites (N-methyl/N-ethyl adjacent to an activating group) is 1. The van der Waals surface area contributed by atoms with Gasteiger partial charge >= 0.3 is 6.03 Å². The number of amides is 3. The van der Waals surface area contributed by atoms with E-state index in [1.54, 1.807) is 11.9 Å². The highest BCUT2D eigenvalue weighted by Gasteiger charge is 2.56. The molecule has 154 valence electrons. The van der Waals surface area contributed by atoms with Gasteiger partial charge in [0.1, 0.15) is 0 Å². The number of hydrogen-bond acceptors (Lipinski definition) is 5. The second kappa shape index (κ2) is 6.90. The van der Waals surface area contributed by atoms with Gasteiger partial charge in [0.25, 0.3) is 5.91 Å². The number of urea groups is 1. The van der Waals surface area contributed by atoms with E-state index in [9.17, 15) is 9.59 Å². The number of carbonyl (C=O) groups excluding carboxylic acids is 2. The van der Waals surface area contributed by atoms with E-state index >= 15 is 0 Å². The second-order valence-corrected chi connectivity index (χ2v) is 8.26. The number of guanidine groups is 1. The van der Waals surface area contributed by atoms with Crippen LogP contribution in [-0.2, 0) is 11.3 Å². The average molecular weight is 396 g/mol. The van der Waals surface area contributed by atoms with E-state index in [1.165, 1.54) is 4.90 Å². The minimum atomic E-state index is -0.512. The van der Waals surface area contributed by atoms with Crippen LogP contribution in [0.4, 0.5) is 4.79 Å². The summed E-state index contributed by atoms with van der Waals surface area (Å²) < 4.78 is 0. The summed E-state index contributed by atoms with van der Waals surface area (Å²) in [5.41, 5.74) is 4.24. The zero-order valence-electron chi connectivity index (χ0n) is 18.0. The Morgan fingerprint density at radius 2 is 1.72 bits per heavy atom. The van der Waals surface area contributed by atoms with E-state index in [0.29, 0.717) is 0 Å². The lowest BCUT2D eigenvalue weighted by molar-refractivity contribution is -0.137. The van der Waals surface area contributed by atoms with Crippen molar-refractivity contribution in [3.63, 3.8) is 0 Å². The predicted molar refractivity (Wildman–Crippen MR) is 112 cm³/mol. The summed E-state index contributed by atoms with van der Waals surface area (Å²) in [4.78, 5) is 38.5. The highest BCUT2D eigenvalue weighted by Crippen LogP contribution is 2.39. The number of carbonyl (C=O) groups is 2. The van der Waals surface area contributed by atoms with Gasteiger partial charge in [0.2, 0.25) is 5.96 Å². The lowest BCUT2D eigenvalue weighted by Crippen LogP contribution is -2.64. The molecule has 3 aliphatic heterocycles. The molecule has 0 aliphatic carbocycles. The Labute approximate surface area is 172 Å². The van der Waals surface area contributed by atoms with E-state index in [-0.39, 0.29) is 24.5 Å². The molecule has 0 bridgehead atoms. The molecule has 3 aliphatic rings. The monoisotopic (exact) mass is 395 g/mol. The summed E-state index contributed by atoms with van der Waals surface area (Å²) in [6.07, 6.45) is 0.476. The third kappa shape index (κ3) is 2.82. The largest absolute Gasteiger partial charge is 0.328 e. The van der Waals surface area contributed by atoms with Crippen molar-refractivity contribution in [3.05, 3.63) is 46.8 Å². The van der Waals surface area contributed by atoms with Crippen molar-refractivity contribution in [1.29, 1.82) is 0 Å². The van der Waals surface area contributed by atoms with Crippen LogP contribution in [0.3, 0.4) is 0 Å². The van der Waals surface area contributed by atoms with Crippen LogP contribution in [0.1, 0.15) is 45.2 Å². The third-order valence-electron chi connectivity index (χ3n) is 6.43. The van der Waals surface area contributed by atoms with Gasteiger partial charge in [-0.1, -0.05) is 36.8 Å². The molecule has 7 nitrogen and oxygen atoms in total. The molecule has 1 aromatic carbocycles. The first-order chi connectivity index (χ1) is 13.8. The molecule has 4 rings (SSSR count). The molecule has 3 heterocycles. The molecule has 3 unspecified atom stereocenters. The van der Waals surface area contributed by atoms with Gasteiger partial charge in [0, 0.05) is 24.5 Å². The quantitative estimate of drug-likeness (QED) is 0.786. The van der Waals surface area contributed by atoms with Crippen molar-refractivity contribution in [3.8, 4) is 0 Å². The van der Waals surface area contributed by atoms with Gasteiger partial charge in [0.15, 0.2) is 12.2 Å². The Balaban J connectivity index is 1.68. The van der Waals surface area contributed by atoms with Gasteiger partial charge in [-0.2, -0.15) is 0 Å². The lowest BCUT2D eigenvalue weighted by atomic mass is 10.1. The smallest absolute Gasteiger partial charge is 0.312 e. The molecular weight excluding hydrogens is 366 g/mol. The van der Waals surface area contributed by atoms with Gasteiger partial charge in [-0.15, -0.1) is 0 Å². The van der Waals surface area contributed by atoms with Crippen molar-refractivity contribution in [2.45, 2.75) is 65.8 Å². The number of imide groups is 1. The molecule has 3 atom stereocenters. The molecule has 1 saturated heterocycles. The number of fused-ring (bicyclic) bond motifs is 3. The first-order valence-corrected chi connectivity index (χ1v) is 10.2.